The lowest BCUT2D eigenvalue weighted by atomic mass is 9.87. The molecule has 0 amide bonds. The molecule has 0 spiro atoms. The van der Waals surface area contributed by atoms with Crippen molar-refractivity contribution in [2.45, 2.75) is 4.90 Å². The molecule has 1 aliphatic rings. The van der Waals surface area contributed by atoms with Crippen molar-refractivity contribution in [2.24, 2.45) is 0 Å². The highest BCUT2D eigenvalue weighted by Gasteiger charge is 2.43. The maximum absolute atomic E-state index is 13.9. The summed E-state index contributed by atoms with van der Waals surface area (Å²) in [6.07, 6.45) is 1.77. The Morgan fingerprint density at radius 3 is 1.69 bits per heavy atom. The molecule has 0 radical (unpaired) electrons. The lowest BCUT2D eigenvalue weighted by Crippen LogP contribution is -2.21. The number of methoxy groups -OCH3 is 1. The number of hydrogen-bond acceptors (Lipinski definition) is 3. The highest BCUT2D eigenvalue weighted by Crippen LogP contribution is 2.56. The average Bonchev–Trinajstić information content (AvgIpc) is 2.92. The van der Waals surface area contributed by atoms with Gasteiger partial charge in [-0.1, -0.05) is 97.1 Å². The minimum absolute atomic E-state index is 0.347. The summed E-state index contributed by atoms with van der Waals surface area (Å²) in [5.41, 5.74) is 5.20. The van der Waals surface area contributed by atoms with Crippen molar-refractivity contribution in [1.82, 2.24) is 0 Å². The van der Waals surface area contributed by atoms with Crippen LogP contribution in [0.3, 0.4) is 0 Å². The van der Waals surface area contributed by atoms with E-state index in [1.807, 2.05) is 103 Å². The first-order valence-corrected chi connectivity index (χ1v) is 12.9. The van der Waals surface area contributed by atoms with Gasteiger partial charge in [-0.25, -0.2) is 8.42 Å². The first-order chi connectivity index (χ1) is 17.1. The van der Waals surface area contributed by atoms with E-state index in [1.165, 1.54) is 0 Å². The molecule has 0 aromatic heterocycles. The fourth-order valence-electron chi connectivity index (χ4n) is 4.91. The van der Waals surface area contributed by atoms with Crippen LogP contribution in [-0.2, 0) is 9.84 Å². The van der Waals surface area contributed by atoms with E-state index in [9.17, 15) is 8.42 Å². The van der Waals surface area contributed by atoms with Gasteiger partial charge in [0.15, 0.2) is 0 Å². The molecule has 0 saturated carbocycles. The summed E-state index contributed by atoms with van der Waals surface area (Å²) >= 11 is 0. The standard InChI is InChI=1S/C31H22O3S/c1-34-24-18-16-21(17-19-24)20-27-30-28(22-10-4-2-5-11-22)25-14-8-9-15-26(25)29(31(30)35(27,32)33)23-12-6-3-7-13-23/h2-20H,1H3. The fourth-order valence-corrected chi connectivity index (χ4v) is 6.72. The van der Waals surface area contributed by atoms with Crippen molar-refractivity contribution in [1.29, 1.82) is 0 Å². The molecule has 0 fully saturated rings. The topological polar surface area (TPSA) is 43.4 Å². The third-order valence-electron chi connectivity index (χ3n) is 6.51. The summed E-state index contributed by atoms with van der Waals surface area (Å²) in [6.45, 7) is 0. The summed E-state index contributed by atoms with van der Waals surface area (Å²) in [6, 6.07) is 35.3. The molecule has 0 bridgehead atoms. The van der Waals surface area contributed by atoms with Gasteiger partial charge in [0.25, 0.3) is 0 Å². The van der Waals surface area contributed by atoms with Crippen LogP contribution in [0.1, 0.15) is 11.1 Å². The quantitative estimate of drug-likeness (QED) is 0.271. The van der Waals surface area contributed by atoms with Gasteiger partial charge in [0, 0.05) is 11.1 Å². The van der Waals surface area contributed by atoms with E-state index in [0.29, 0.717) is 9.80 Å². The highest BCUT2D eigenvalue weighted by molar-refractivity contribution is 8.03. The number of sulfone groups is 1. The number of hydrogen-bond donors (Lipinski definition) is 0. The van der Waals surface area contributed by atoms with Crippen molar-refractivity contribution in [3.63, 3.8) is 0 Å². The van der Waals surface area contributed by atoms with Gasteiger partial charge in [-0.2, -0.15) is 0 Å². The molecule has 4 heteroatoms. The fraction of sp³-hybridized carbons (Fsp3) is 0.0323. The first kappa shape index (κ1) is 21.4. The molecule has 0 unspecified atom stereocenters. The van der Waals surface area contributed by atoms with Gasteiger partial charge in [0.2, 0.25) is 9.84 Å². The van der Waals surface area contributed by atoms with Gasteiger partial charge >= 0.3 is 0 Å². The van der Waals surface area contributed by atoms with E-state index in [-0.39, 0.29) is 0 Å². The normalized spacial score (nSPS) is 14.9. The van der Waals surface area contributed by atoms with Gasteiger partial charge in [0.1, 0.15) is 5.75 Å². The molecule has 0 N–H and O–H groups in total. The minimum atomic E-state index is -3.67. The third-order valence-corrected chi connectivity index (χ3v) is 8.36. The summed E-state index contributed by atoms with van der Waals surface area (Å²) in [4.78, 5) is 0.750. The molecule has 0 atom stereocenters. The largest absolute Gasteiger partial charge is 0.497 e. The zero-order valence-electron chi connectivity index (χ0n) is 19.1. The predicted molar refractivity (Wildman–Crippen MR) is 143 cm³/mol. The molecule has 5 aromatic rings. The van der Waals surface area contributed by atoms with Crippen LogP contribution in [0.25, 0.3) is 44.0 Å². The minimum Gasteiger partial charge on any atom is -0.497 e. The van der Waals surface area contributed by atoms with E-state index in [1.54, 1.807) is 13.2 Å². The molecule has 5 aromatic carbocycles. The Morgan fingerprint density at radius 1 is 0.600 bits per heavy atom. The van der Waals surface area contributed by atoms with Crippen LogP contribution in [0.5, 0.6) is 5.75 Å². The van der Waals surface area contributed by atoms with Gasteiger partial charge in [0.05, 0.1) is 16.9 Å². The summed E-state index contributed by atoms with van der Waals surface area (Å²) < 4.78 is 33.1. The smallest absolute Gasteiger partial charge is 0.208 e. The molecule has 35 heavy (non-hydrogen) atoms. The van der Waals surface area contributed by atoms with Crippen LogP contribution in [-0.4, -0.2) is 15.5 Å². The molecule has 1 aliphatic heterocycles. The van der Waals surface area contributed by atoms with E-state index < -0.39 is 9.84 Å². The molecule has 0 saturated heterocycles. The second-order valence-corrected chi connectivity index (χ2v) is 10.4. The number of rotatable bonds is 4. The Labute approximate surface area is 204 Å². The van der Waals surface area contributed by atoms with Crippen molar-refractivity contribution in [3.05, 3.63) is 120 Å². The second-order valence-electron chi connectivity index (χ2n) is 8.52. The van der Waals surface area contributed by atoms with Crippen molar-refractivity contribution in [3.8, 4) is 28.0 Å². The summed E-state index contributed by atoms with van der Waals surface area (Å²) in [7, 11) is -2.05. The summed E-state index contributed by atoms with van der Waals surface area (Å²) in [5, 5.41) is 1.97. The van der Waals surface area contributed by atoms with Crippen LogP contribution < -0.4 is 4.74 Å². The first-order valence-electron chi connectivity index (χ1n) is 11.4. The Balaban J connectivity index is 1.74. The molecule has 170 valence electrons. The Kier molecular flexibility index (Phi) is 5.05. The van der Waals surface area contributed by atoms with E-state index in [2.05, 4.69) is 6.07 Å². The zero-order valence-corrected chi connectivity index (χ0v) is 19.9. The van der Waals surface area contributed by atoms with Gasteiger partial charge < -0.3 is 4.74 Å². The van der Waals surface area contributed by atoms with Crippen LogP contribution in [0, 0.1) is 0 Å². The van der Waals surface area contributed by atoms with Gasteiger partial charge in [-0.05, 0) is 51.2 Å². The summed E-state index contributed by atoms with van der Waals surface area (Å²) in [5.74, 6) is 0.728. The van der Waals surface area contributed by atoms with Crippen molar-refractivity contribution < 1.29 is 13.2 Å². The van der Waals surface area contributed by atoms with Crippen LogP contribution in [0.2, 0.25) is 0 Å². The van der Waals surface area contributed by atoms with Gasteiger partial charge in [-0.15, -0.1) is 0 Å². The second kappa shape index (κ2) is 8.26. The third kappa shape index (κ3) is 3.37. The average molecular weight is 475 g/mol. The molecule has 0 aliphatic carbocycles. The number of benzene rings is 5. The number of ether oxygens (including phenoxy) is 1. The maximum Gasteiger partial charge on any atom is 0.208 e. The number of fused-ring (bicyclic) bond motifs is 2. The Bertz CT molecular complexity index is 1700. The molecular formula is C31H22O3S. The predicted octanol–water partition coefficient (Wildman–Crippen LogP) is 7.47. The van der Waals surface area contributed by atoms with Crippen molar-refractivity contribution in [2.75, 3.05) is 7.11 Å². The van der Waals surface area contributed by atoms with E-state index >= 15 is 0 Å². The Morgan fingerprint density at radius 2 is 1.11 bits per heavy atom. The van der Waals surface area contributed by atoms with Crippen LogP contribution in [0.15, 0.2) is 114 Å². The lowest BCUT2D eigenvalue weighted by molar-refractivity contribution is 0.415. The van der Waals surface area contributed by atoms with E-state index in [4.69, 9.17) is 4.74 Å². The van der Waals surface area contributed by atoms with Crippen molar-refractivity contribution >= 4 is 31.6 Å². The monoisotopic (exact) mass is 474 g/mol. The molecular weight excluding hydrogens is 452 g/mol. The lowest BCUT2D eigenvalue weighted by Gasteiger charge is -2.31. The molecule has 6 rings (SSSR count). The highest BCUT2D eigenvalue weighted by atomic mass is 32.2. The maximum atomic E-state index is 13.9. The van der Waals surface area contributed by atoms with E-state index in [0.717, 1.165) is 49.9 Å². The zero-order chi connectivity index (χ0) is 24.0. The van der Waals surface area contributed by atoms with Crippen LogP contribution >= 0.6 is 0 Å². The Hall–Kier alpha value is -4.15. The van der Waals surface area contributed by atoms with Gasteiger partial charge in [-0.3, -0.25) is 0 Å². The molecule has 1 heterocycles. The molecule has 3 nitrogen and oxygen atoms in total. The SMILES string of the molecule is COc1ccc(C=C2c3c(c(-c4ccccc4)c4ccccc4c3-c3ccccc3)S2(=O)=O)cc1. The van der Waals surface area contributed by atoms with Crippen LogP contribution in [0.4, 0.5) is 0 Å².